The van der Waals surface area contributed by atoms with Crippen LogP contribution in [0.2, 0.25) is 0 Å². The molecule has 0 atom stereocenters. The molecule has 412 valence electrons. The van der Waals surface area contributed by atoms with Crippen molar-refractivity contribution in [1.29, 1.82) is 0 Å². The van der Waals surface area contributed by atoms with Gasteiger partial charge >= 0.3 is 0 Å². The highest BCUT2D eigenvalue weighted by atomic mass is 16.5. The fourth-order valence-corrected chi connectivity index (χ4v) is 10.4. The van der Waals surface area contributed by atoms with Gasteiger partial charge in [0.15, 0.2) is 0 Å². The van der Waals surface area contributed by atoms with E-state index in [0.717, 1.165) is 59.8 Å². The maximum atomic E-state index is 6.61. The van der Waals surface area contributed by atoms with Gasteiger partial charge in [-0.15, -0.1) is 0 Å². The predicted molar refractivity (Wildman–Crippen MR) is 323 cm³/mol. The van der Waals surface area contributed by atoms with E-state index in [2.05, 4.69) is 60.3 Å². The second kappa shape index (κ2) is 49.5. The van der Waals surface area contributed by atoms with Crippen LogP contribution in [0, 0.1) is 0 Å². The number of hydrogen-bond donors (Lipinski definition) is 0. The van der Waals surface area contributed by atoms with Crippen LogP contribution in [0.15, 0.2) is 61.2 Å². The van der Waals surface area contributed by atoms with Gasteiger partial charge in [-0.25, -0.2) is 0 Å². The summed E-state index contributed by atoms with van der Waals surface area (Å²) >= 11 is 0. The third kappa shape index (κ3) is 37.9. The second-order valence-electron chi connectivity index (χ2n) is 22.1. The molecule has 0 saturated carbocycles. The summed E-state index contributed by atoms with van der Waals surface area (Å²) in [7, 11) is 0. The lowest BCUT2D eigenvalue weighted by Crippen LogP contribution is -2.03. The summed E-state index contributed by atoms with van der Waals surface area (Å²) in [6.07, 6.45) is 79.1. The average Bonchev–Trinajstić information content (AvgIpc) is 3.42. The molecule has 4 nitrogen and oxygen atoms in total. The van der Waals surface area contributed by atoms with Crippen molar-refractivity contribution in [3.63, 3.8) is 0 Å². The van der Waals surface area contributed by atoms with E-state index in [-0.39, 0.29) is 0 Å². The van der Waals surface area contributed by atoms with Crippen LogP contribution in [0.1, 0.15) is 325 Å². The fraction of sp³-hybridized carbons (Fsp3) is 0.710. The van der Waals surface area contributed by atoms with Crippen LogP contribution in [0.5, 0.6) is 11.5 Å². The van der Waals surface area contributed by atoms with E-state index in [4.69, 9.17) is 9.47 Å². The Kier molecular flexibility index (Phi) is 43.3. The van der Waals surface area contributed by atoms with Gasteiger partial charge < -0.3 is 9.47 Å². The van der Waals surface area contributed by atoms with E-state index < -0.39 is 0 Å². The Bertz CT molecular complexity index is 1670. The van der Waals surface area contributed by atoms with Crippen LogP contribution in [-0.2, 0) is 0 Å². The highest BCUT2D eigenvalue weighted by molar-refractivity contribution is 5.78. The number of pyridine rings is 2. The van der Waals surface area contributed by atoms with E-state index in [9.17, 15) is 0 Å². The average molecular weight is 1000 g/mol. The largest absolute Gasteiger partial charge is 0.493 e. The fourth-order valence-electron chi connectivity index (χ4n) is 10.4. The molecule has 0 bridgehead atoms. The van der Waals surface area contributed by atoms with Gasteiger partial charge in [0.2, 0.25) is 0 Å². The molecular weight excluding hydrogens is 889 g/mol. The molecule has 0 amide bonds. The molecule has 0 aliphatic carbocycles. The van der Waals surface area contributed by atoms with Crippen LogP contribution < -0.4 is 9.47 Å². The Morgan fingerprint density at radius 3 is 0.699 bits per heavy atom. The van der Waals surface area contributed by atoms with Crippen molar-refractivity contribution in [3.05, 3.63) is 83.4 Å². The van der Waals surface area contributed by atoms with Gasteiger partial charge in [-0.1, -0.05) is 314 Å². The van der Waals surface area contributed by atoms with E-state index >= 15 is 0 Å². The van der Waals surface area contributed by atoms with Crippen molar-refractivity contribution in [3.8, 4) is 11.5 Å². The molecule has 0 N–H and O–H groups in total. The normalized spacial score (nSPS) is 11.7. The Labute approximate surface area is 452 Å². The number of ether oxygens (including phenoxy) is 2. The molecular formula is C69H114N2O2. The Morgan fingerprint density at radius 1 is 0.274 bits per heavy atom. The summed E-state index contributed by atoms with van der Waals surface area (Å²) in [5.41, 5.74) is 4.34. The summed E-state index contributed by atoms with van der Waals surface area (Å²) < 4.78 is 13.2. The zero-order valence-electron chi connectivity index (χ0n) is 48.0. The minimum Gasteiger partial charge on any atom is -0.493 e. The lowest BCUT2D eigenvalue weighted by Gasteiger charge is -2.15. The van der Waals surface area contributed by atoms with Crippen LogP contribution in [0.25, 0.3) is 24.3 Å². The zero-order valence-corrected chi connectivity index (χ0v) is 48.0. The molecule has 4 heteroatoms. The molecule has 73 heavy (non-hydrogen) atoms. The van der Waals surface area contributed by atoms with Gasteiger partial charge in [0.1, 0.15) is 11.5 Å². The number of aromatic nitrogens is 2. The van der Waals surface area contributed by atoms with Crippen molar-refractivity contribution in [2.24, 2.45) is 0 Å². The summed E-state index contributed by atoms with van der Waals surface area (Å²) in [6, 6.07) is 12.5. The van der Waals surface area contributed by atoms with Gasteiger partial charge in [-0.2, -0.15) is 0 Å². The monoisotopic (exact) mass is 1000 g/mol. The van der Waals surface area contributed by atoms with Crippen molar-refractivity contribution in [1.82, 2.24) is 9.97 Å². The number of rotatable bonds is 53. The Hall–Kier alpha value is -3.40. The Morgan fingerprint density at radius 2 is 0.479 bits per heavy atom. The van der Waals surface area contributed by atoms with Gasteiger partial charge in [-0.3, -0.25) is 9.97 Å². The second-order valence-corrected chi connectivity index (χ2v) is 22.1. The molecule has 2 aromatic heterocycles. The highest BCUT2D eigenvalue weighted by Crippen LogP contribution is 2.33. The van der Waals surface area contributed by atoms with Gasteiger partial charge in [0, 0.05) is 35.9 Å². The Balaban J connectivity index is 1.24. The van der Waals surface area contributed by atoms with E-state index in [1.807, 2.05) is 49.1 Å². The molecule has 0 saturated heterocycles. The number of unbranched alkanes of at least 4 members (excludes halogenated alkanes) is 43. The SMILES string of the molecule is CCCCCCCCCCCCCCCCCCCCCCCCCCCCCCCCCOc1cc(/C=C/c2ccncc2)c(OCCCCCCCCCCCCCCCC)cc1/C=C/c1ccncc1. The number of benzene rings is 1. The molecule has 2 heterocycles. The number of hydrogen-bond acceptors (Lipinski definition) is 4. The minimum atomic E-state index is 0.724. The first-order valence-corrected chi connectivity index (χ1v) is 31.9. The summed E-state index contributed by atoms with van der Waals surface area (Å²) in [6.45, 7) is 6.06. The number of nitrogens with zero attached hydrogens (tertiary/aromatic N) is 2. The molecule has 0 aliphatic rings. The smallest absolute Gasteiger partial charge is 0.127 e. The molecule has 0 fully saturated rings. The predicted octanol–water partition coefficient (Wildman–Crippen LogP) is 23.2. The third-order valence-corrected chi connectivity index (χ3v) is 15.2. The van der Waals surface area contributed by atoms with Crippen molar-refractivity contribution in [2.45, 2.75) is 303 Å². The first-order chi connectivity index (χ1) is 36.3. The van der Waals surface area contributed by atoms with Crippen molar-refractivity contribution >= 4 is 24.3 Å². The quantitative estimate of drug-likeness (QED) is 0.0529. The molecule has 3 aromatic rings. The van der Waals surface area contributed by atoms with Crippen LogP contribution in [0.3, 0.4) is 0 Å². The van der Waals surface area contributed by atoms with Crippen molar-refractivity contribution < 1.29 is 9.47 Å². The third-order valence-electron chi connectivity index (χ3n) is 15.2. The van der Waals surface area contributed by atoms with Crippen LogP contribution in [0.4, 0.5) is 0 Å². The zero-order chi connectivity index (χ0) is 51.4. The topological polar surface area (TPSA) is 44.2 Å². The van der Waals surface area contributed by atoms with E-state index in [1.165, 1.54) is 276 Å². The molecule has 1 aromatic carbocycles. The first kappa shape index (κ1) is 63.9. The minimum absolute atomic E-state index is 0.724. The van der Waals surface area contributed by atoms with Gasteiger partial charge in [-0.05, 0) is 60.4 Å². The van der Waals surface area contributed by atoms with E-state index in [0.29, 0.717) is 0 Å². The summed E-state index contributed by atoms with van der Waals surface area (Å²) in [4.78, 5) is 8.43. The van der Waals surface area contributed by atoms with Crippen LogP contribution in [-0.4, -0.2) is 23.2 Å². The van der Waals surface area contributed by atoms with Crippen LogP contribution >= 0.6 is 0 Å². The molecule has 0 unspecified atom stereocenters. The maximum absolute atomic E-state index is 6.61. The standard InChI is InChI=1S/C69H114N2O2/c1-3-5-7-9-11-13-15-17-19-20-21-22-23-24-25-26-27-28-29-30-31-32-33-34-35-37-39-41-43-45-47-61-73-69-63-66(50-48-64-52-56-70-57-53-64)68(62-67(69)51-49-65-54-58-71-59-55-65)72-60-46-44-42-40-38-36-18-16-14-12-10-8-6-4-2/h48-59,62-63H,3-47,60-61H2,1-2H3/b50-48+,51-49+. The van der Waals surface area contributed by atoms with E-state index in [1.54, 1.807) is 0 Å². The van der Waals surface area contributed by atoms with Crippen molar-refractivity contribution in [2.75, 3.05) is 13.2 Å². The molecule has 0 aliphatic heterocycles. The van der Waals surface area contributed by atoms with Gasteiger partial charge in [0.25, 0.3) is 0 Å². The first-order valence-electron chi connectivity index (χ1n) is 31.9. The van der Waals surface area contributed by atoms with Gasteiger partial charge in [0.05, 0.1) is 13.2 Å². The maximum Gasteiger partial charge on any atom is 0.127 e. The lowest BCUT2D eigenvalue weighted by atomic mass is 10.0. The molecule has 3 rings (SSSR count). The summed E-state index contributed by atoms with van der Waals surface area (Å²) in [5.74, 6) is 1.82. The highest BCUT2D eigenvalue weighted by Gasteiger charge is 2.11. The summed E-state index contributed by atoms with van der Waals surface area (Å²) in [5, 5.41) is 0. The lowest BCUT2D eigenvalue weighted by molar-refractivity contribution is 0.295. The molecule has 0 spiro atoms. The molecule has 0 radical (unpaired) electrons.